The third kappa shape index (κ3) is 3.74. The summed E-state index contributed by atoms with van der Waals surface area (Å²) in [5.41, 5.74) is 6.97. The molecule has 108 valence electrons. The number of anilines is 1. The number of carbonyl (C=O) groups is 1. The highest BCUT2D eigenvalue weighted by molar-refractivity contribution is 9.10. The minimum Gasteiger partial charge on any atom is -0.409 e. The van der Waals surface area contributed by atoms with Crippen LogP contribution in [0.15, 0.2) is 52.1 Å². The maximum atomic E-state index is 12.1. The molecule has 5 nitrogen and oxygen atoms in total. The van der Waals surface area contributed by atoms with Gasteiger partial charge in [-0.2, -0.15) is 0 Å². The molecule has 0 saturated heterocycles. The fraction of sp³-hybridized carbons (Fsp3) is 0. The monoisotopic (exact) mass is 367 g/mol. The molecule has 2 aromatic rings. The second-order valence-corrected chi connectivity index (χ2v) is 5.41. The molecule has 2 rings (SSSR count). The van der Waals surface area contributed by atoms with Crippen molar-refractivity contribution in [3.63, 3.8) is 0 Å². The summed E-state index contributed by atoms with van der Waals surface area (Å²) in [5.74, 6) is -0.334. The molecule has 0 atom stereocenters. The lowest BCUT2D eigenvalue weighted by molar-refractivity contribution is 0.102. The third-order valence-electron chi connectivity index (χ3n) is 2.71. The number of rotatable bonds is 3. The van der Waals surface area contributed by atoms with Gasteiger partial charge in [0.25, 0.3) is 5.91 Å². The number of nitrogens with two attached hydrogens (primary N) is 1. The van der Waals surface area contributed by atoms with E-state index in [1.54, 1.807) is 42.5 Å². The zero-order valence-corrected chi connectivity index (χ0v) is 13.0. The van der Waals surface area contributed by atoms with E-state index >= 15 is 0 Å². The summed E-state index contributed by atoms with van der Waals surface area (Å²) < 4.78 is 0.717. The molecular weight excluding hydrogens is 358 g/mol. The Balaban J connectivity index is 2.21. The van der Waals surface area contributed by atoms with Crippen LogP contribution in [0.1, 0.15) is 15.9 Å². The molecule has 0 unspecified atom stereocenters. The van der Waals surface area contributed by atoms with E-state index in [9.17, 15) is 4.79 Å². The number of oxime groups is 1. The van der Waals surface area contributed by atoms with Gasteiger partial charge in [-0.15, -0.1) is 0 Å². The molecule has 0 heterocycles. The molecule has 0 spiro atoms. The fourth-order valence-electron chi connectivity index (χ4n) is 1.65. The third-order valence-corrected chi connectivity index (χ3v) is 3.94. The van der Waals surface area contributed by atoms with Crippen molar-refractivity contribution in [1.82, 2.24) is 0 Å². The van der Waals surface area contributed by atoms with Crippen molar-refractivity contribution in [2.75, 3.05) is 5.32 Å². The quantitative estimate of drug-likeness (QED) is 0.335. The van der Waals surface area contributed by atoms with Crippen LogP contribution in [0.3, 0.4) is 0 Å². The van der Waals surface area contributed by atoms with E-state index in [0.717, 1.165) is 4.47 Å². The Labute approximate surface area is 134 Å². The van der Waals surface area contributed by atoms with Crippen LogP contribution in [0.5, 0.6) is 0 Å². The molecule has 0 aliphatic rings. The van der Waals surface area contributed by atoms with Crippen LogP contribution < -0.4 is 11.1 Å². The number of nitrogens with one attached hydrogen (secondary N) is 1. The van der Waals surface area contributed by atoms with Crippen LogP contribution in [-0.2, 0) is 0 Å². The topological polar surface area (TPSA) is 87.7 Å². The maximum Gasteiger partial charge on any atom is 0.255 e. The van der Waals surface area contributed by atoms with Crippen LogP contribution in [-0.4, -0.2) is 17.0 Å². The second kappa shape index (κ2) is 6.60. The van der Waals surface area contributed by atoms with Crippen molar-refractivity contribution in [3.05, 3.63) is 63.1 Å². The molecule has 0 aromatic heterocycles. The lowest BCUT2D eigenvalue weighted by Gasteiger charge is -2.07. The summed E-state index contributed by atoms with van der Waals surface area (Å²) in [4.78, 5) is 12.1. The van der Waals surface area contributed by atoms with Gasteiger partial charge in [0.2, 0.25) is 0 Å². The van der Waals surface area contributed by atoms with Gasteiger partial charge in [0.15, 0.2) is 5.84 Å². The zero-order valence-electron chi connectivity index (χ0n) is 10.7. The number of halogens is 2. The Morgan fingerprint density at radius 1 is 1.24 bits per heavy atom. The van der Waals surface area contributed by atoms with E-state index in [0.29, 0.717) is 21.8 Å². The largest absolute Gasteiger partial charge is 0.409 e. The van der Waals surface area contributed by atoms with Crippen LogP contribution in [0.2, 0.25) is 5.02 Å². The number of nitrogens with zero attached hydrogens (tertiary/aromatic N) is 1. The maximum absolute atomic E-state index is 12.1. The number of amides is 1. The second-order valence-electron chi connectivity index (χ2n) is 4.15. The highest BCUT2D eigenvalue weighted by Crippen LogP contribution is 2.23. The van der Waals surface area contributed by atoms with E-state index < -0.39 is 0 Å². The summed E-state index contributed by atoms with van der Waals surface area (Å²) in [6.07, 6.45) is 0. The van der Waals surface area contributed by atoms with Crippen LogP contribution in [0.25, 0.3) is 0 Å². The van der Waals surface area contributed by atoms with E-state index in [4.69, 9.17) is 22.5 Å². The first kappa shape index (κ1) is 15.3. The Kier molecular flexibility index (Phi) is 4.82. The number of carbonyl (C=O) groups excluding carboxylic acids is 1. The average Bonchev–Trinajstić information content (AvgIpc) is 2.49. The summed E-state index contributed by atoms with van der Waals surface area (Å²) in [6, 6.07) is 11.6. The molecule has 2 aromatic carbocycles. The fourth-order valence-corrected chi connectivity index (χ4v) is 2.08. The summed E-state index contributed by atoms with van der Waals surface area (Å²) in [7, 11) is 0. The SMILES string of the molecule is N/C(=N/O)c1cccc(NC(=O)c2ccc(Br)c(Cl)c2)c1. The lowest BCUT2D eigenvalue weighted by Crippen LogP contribution is -2.15. The van der Waals surface area contributed by atoms with Gasteiger partial charge in [-0.05, 0) is 46.3 Å². The molecule has 0 aliphatic heterocycles. The highest BCUT2D eigenvalue weighted by atomic mass is 79.9. The Morgan fingerprint density at radius 3 is 2.67 bits per heavy atom. The van der Waals surface area contributed by atoms with E-state index in [2.05, 4.69) is 26.4 Å². The van der Waals surface area contributed by atoms with Gasteiger partial charge in [0.05, 0.1) is 5.02 Å². The average molecular weight is 369 g/mol. The number of hydrogen-bond acceptors (Lipinski definition) is 3. The smallest absolute Gasteiger partial charge is 0.255 e. The van der Waals surface area contributed by atoms with Crippen molar-refractivity contribution in [3.8, 4) is 0 Å². The first-order valence-electron chi connectivity index (χ1n) is 5.85. The van der Waals surface area contributed by atoms with Crippen molar-refractivity contribution < 1.29 is 10.0 Å². The van der Waals surface area contributed by atoms with E-state index in [-0.39, 0.29) is 11.7 Å². The number of amidine groups is 1. The molecule has 0 aliphatic carbocycles. The number of benzene rings is 2. The predicted molar refractivity (Wildman–Crippen MR) is 86.1 cm³/mol. The van der Waals surface area contributed by atoms with Gasteiger partial charge in [0.1, 0.15) is 0 Å². The van der Waals surface area contributed by atoms with Crippen molar-refractivity contribution in [2.24, 2.45) is 10.9 Å². The lowest BCUT2D eigenvalue weighted by atomic mass is 10.1. The van der Waals surface area contributed by atoms with Crippen molar-refractivity contribution in [1.29, 1.82) is 0 Å². The first-order valence-corrected chi connectivity index (χ1v) is 7.02. The van der Waals surface area contributed by atoms with E-state index in [1.807, 2.05) is 0 Å². The minimum atomic E-state index is -0.305. The molecule has 21 heavy (non-hydrogen) atoms. The summed E-state index contributed by atoms with van der Waals surface area (Å²) in [5, 5.41) is 14.7. The zero-order chi connectivity index (χ0) is 15.4. The van der Waals surface area contributed by atoms with E-state index in [1.165, 1.54) is 0 Å². The van der Waals surface area contributed by atoms with Gasteiger partial charge < -0.3 is 16.3 Å². The molecule has 4 N–H and O–H groups in total. The minimum absolute atomic E-state index is 0.0298. The summed E-state index contributed by atoms with van der Waals surface area (Å²) in [6.45, 7) is 0. The van der Waals surface area contributed by atoms with Gasteiger partial charge in [0, 0.05) is 21.3 Å². The Morgan fingerprint density at radius 2 is 2.00 bits per heavy atom. The van der Waals surface area contributed by atoms with Gasteiger partial charge >= 0.3 is 0 Å². The van der Waals surface area contributed by atoms with Crippen molar-refractivity contribution in [2.45, 2.75) is 0 Å². The molecule has 0 bridgehead atoms. The van der Waals surface area contributed by atoms with Crippen LogP contribution in [0.4, 0.5) is 5.69 Å². The molecule has 0 fully saturated rings. The van der Waals surface area contributed by atoms with Gasteiger partial charge in [-0.25, -0.2) is 0 Å². The summed E-state index contributed by atoms with van der Waals surface area (Å²) >= 11 is 9.22. The highest BCUT2D eigenvalue weighted by Gasteiger charge is 2.09. The Bertz CT molecular complexity index is 719. The molecule has 7 heteroatoms. The number of hydrogen-bond donors (Lipinski definition) is 3. The normalized spacial score (nSPS) is 11.2. The van der Waals surface area contributed by atoms with Crippen molar-refractivity contribution >= 4 is 45.0 Å². The predicted octanol–water partition coefficient (Wildman–Crippen LogP) is 3.45. The molecule has 0 radical (unpaired) electrons. The van der Waals surface area contributed by atoms with Gasteiger partial charge in [-0.1, -0.05) is 28.9 Å². The van der Waals surface area contributed by atoms with Gasteiger partial charge in [-0.3, -0.25) is 4.79 Å². The standard InChI is InChI=1S/C14H11BrClN3O2/c15-11-5-4-9(7-12(11)16)14(20)18-10-3-1-2-8(6-10)13(17)19-21/h1-7,21H,(H2,17,19)(H,18,20). The molecular formula is C14H11BrClN3O2. The first-order chi connectivity index (χ1) is 10.0. The van der Waals surface area contributed by atoms with Crippen LogP contribution in [0, 0.1) is 0 Å². The molecule has 1 amide bonds. The Hall–Kier alpha value is -2.05. The van der Waals surface area contributed by atoms with Crippen LogP contribution >= 0.6 is 27.5 Å². The molecule has 0 saturated carbocycles.